The van der Waals surface area contributed by atoms with Gasteiger partial charge in [0.2, 0.25) is 5.91 Å². The van der Waals surface area contributed by atoms with Crippen LogP contribution in [0.15, 0.2) is 66.9 Å². The highest BCUT2D eigenvalue weighted by atomic mass is 16.2. The number of aromatic amines is 1. The van der Waals surface area contributed by atoms with Gasteiger partial charge in [-0.1, -0.05) is 48.5 Å². The zero-order chi connectivity index (χ0) is 18.1. The monoisotopic (exact) mass is 345 g/mol. The fourth-order valence-electron chi connectivity index (χ4n) is 3.02. The summed E-state index contributed by atoms with van der Waals surface area (Å²) in [7, 11) is 0. The molecule has 0 atom stereocenters. The van der Waals surface area contributed by atoms with Gasteiger partial charge in [-0.2, -0.15) is 5.01 Å². The van der Waals surface area contributed by atoms with E-state index in [-0.39, 0.29) is 12.0 Å². The summed E-state index contributed by atoms with van der Waals surface area (Å²) in [5.41, 5.74) is 5.04. The fourth-order valence-corrected chi connectivity index (χ4v) is 3.02. The molecule has 0 saturated carbocycles. The number of para-hydroxylation sites is 1. The van der Waals surface area contributed by atoms with Crippen LogP contribution < -0.4 is 5.43 Å². The molecular formula is C20H15N3O3. The van der Waals surface area contributed by atoms with Crippen LogP contribution in [0.4, 0.5) is 0 Å². The first-order chi connectivity index (χ1) is 12.6. The van der Waals surface area contributed by atoms with Crippen molar-refractivity contribution >= 4 is 34.2 Å². The van der Waals surface area contributed by atoms with Crippen LogP contribution in [0.5, 0.6) is 0 Å². The van der Waals surface area contributed by atoms with Crippen LogP contribution in [0.2, 0.25) is 0 Å². The number of H-pyrrole nitrogens is 1. The molecule has 6 nitrogen and oxygen atoms in total. The number of hydrogen-bond acceptors (Lipinski definition) is 3. The van der Waals surface area contributed by atoms with E-state index >= 15 is 0 Å². The number of hydrogen-bond donors (Lipinski definition) is 2. The van der Waals surface area contributed by atoms with E-state index < -0.39 is 17.7 Å². The van der Waals surface area contributed by atoms with Crippen molar-refractivity contribution in [2.45, 2.75) is 6.42 Å². The van der Waals surface area contributed by atoms with E-state index in [0.29, 0.717) is 5.56 Å². The molecule has 0 bridgehead atoms. The third-order valence-corrected chi connectivity index (χ3v) is 4.27. The van der Waals surface area contributed by atoms with Crippen molar-refractivity contribution in [3.8, 4) is 0 Å². The van der Waals surface area contributed by atoms with Gasteiger partial charge in [0, 0.05) is 23.2 Å². The Morgan fingerprint density at radius 2 is 1.73 bits per heavy atom. The van der Waals surface area contributed by atoms with Crippen molar-refractivity contribution in [1.29, 1.82) is 0 Å². The second-order valence-corrected chi connectivity index (χ2v) is 5.97. The summed E-state index contributed by atoms with van der Waals surface area (Å²) < 4.78 is 0. The lowest BCUT2D eigenvalue weighted by Crippen LogP contribution is -2.47. The molecule has 2 heterocycles. The number of carbonyl (C=O) groups excluding carboxylic acids is 3. The second-order valence-electron chi connectivity index (χ2n) is 5.97. The average Bonchev–Trinajstić information content (AvgIpc) is 3.19. The maximum atomic E-state index is 12.5. The minimum Gasteiger partial charge on any atom is -0.361 e. The highest BCUT2D eigenvalue weighted by Crippen LogP contribution is 2.22. The summed E-state index contributed by atoms with van der Waals surface area (Å²) in [6, 6.07) is 16.5. The number of hydrazine groups is 1. The Hall–Kier alpha value is -3.67. The second kappa shape index (κ2) is 6.33. The van der Waals surface area contributed by atoms with Crippen LogP contribution in [0.3, 0.4) is 0 Å². The molecule has 0 fully saturated rings. The van der Waals surface area contributed by atoms with Gasteiger partial charge in [0.1, 0.15) is 0 Å². The predicted octanol–water partition coefficient (Wildman–Crippen LogP) is 2.19. The molecule has 128 valence electrons. The van der Waals surface area contributed by atoms with Crippen molar-refractivity contribution in [1.82, 2.24) is 15.4 Å². The Morgan fingerprint density at radius 1 is 1.00 bits per heavy atom. The summed E-state index contributed by atoms with van der Waals surface area (Å²) in [6.45, 7) is 0. The maximum Gasteiger partial charge on any atom is 0.280 e. The molecule has 1 aliphatic heterocycles. The maximum absolute atomic E-state index is 12.5. The summed E-state index contributed by atoms with van der Waals surface area (Å²) in [4.78, 5) is 40.1. The number of benzene rings is 2. The molecule has 26 heavy (non-hydrogen) atoms. The van der Waals surface area contributed by atoms with Gasteiger partial charge < -0.3 is 4.98 Å². The number of fused-ring (bicyclic) bond motifs is 1. The van der Waals surface area contributed by atoms with Crippen LogP contribution in [-0.4, -0.2) is 27.7 Å². The molecule has 0 spiro atoms. The molecule has 4 rings (SSSR count). The molecule has 2 aromatic carbocycles. The molecule has 0 unspecified atom stereocenters. The topological polar surface area (TPSA) is 82.3 Å². The minimum atomic E-state index is -0.555. The minimum absolute atomic E-state index is 0.0573. The van der Waals surface area contributed by atoms with Crippen LogP contribution in [-0.2, 0) is 20.8 Å². The van der Waals surface area contributed by atoms with Crippen molar-refractivity contribution in [3.63, 3.8) is 0 Å². The Kier molecular flexibility index (Phi) is 3.85. The van der Waals surface area contributed by atoms with E-state index in [9.17, 15) is 14.4 Å². The molecule has 3 aromatic rings. The molecule has 6 heteroatoms. The zero-order valence-electron chi connectivity index (χ0n) is 13.7. The molecule has 0 saturated heterocycles. The standard InChI is InChI=1S/C20H15N3O3/c24-18(10-14-12-21-17-9-5-4-8-15(14)17)22-23-19(25)11-16(20(23)26)13-6-2-1-3-7-13/h1-9,11-12,21H,10H2,(H,22,24). The van der Waals surface area contributed by atoms with Crippen LogP contribution in [0.25, 0.3) is 16.5 Å². The third kappa shape index (κ3) is 2.77. The molecule has 0 aliphatic carbocycles. The molecule has 1 aromatic heterocycles. The molecule has 1 aliphatic rings. The van der Waals surface area contributed by atoms with Crippen LogP contribution >= 0.6 is 0 Å². The average molecular weight is 345 g/mol. The lowest BCUT2D eigenvalue weighted by Gasteiger charge is -2.15. The van der Waals surface area contributed by atoms with E-state index in [0.717, 1.165) is 21.5 Å². The van der Waals surface area contributed by atoms with E-state index in [1.54, 1.807) is 30.5 Å². The lowest BCUT2D eigenvalue weighted by molar-refractivity contribution is -0.146. The van der Waals surface area contributed by atoms with E-state index in [2.05, 4.69) is 10.4 Å². The van der Waals surface area contributed by atoms with Gasteiger partial charge in [0.25, 0.3) is 11.8 Å². The molecule has 3 amide bonds. The van der Waals surface area contributed by atoms with Gasteiger partial charge in [-0.15, -0.1) is 0 Å². The number of nitrogens with one attached hydrogen (secondary N) is 2. The van der Waals surface area contributed by atoms with Crippen molar-refractivity contribution < 1.29 is 14.4 Å². The lowest BCUT2D eigenvalue weighted by atomic mass is 10.1. The first-order valence-electron chi connectivity index (χ1n) is 8.13. The predicted molar refractivity (Wildman–Crippen MR) is 96.4 cm³/mol. The number of aromatic nitrogens is 1. The summed E-state index contributed by atoms with van der Waals surface area (Å²) in [5, 5.41) is 1.70. The van der Waals surface area contributed by atoms with Gasteiger partial charge >= 0.3 is 0 Å². The summed E-state index contributed by atoms with van der Waals surface area (Å²) >= 11 is 0. The van der Waals surface area contributed by atoms with Gasteiger partial charge in [0.05, 0.1) is 12.0 Å². The Morgan fingerprint density at radius 3 is 2.54 bits per heavy atom. The largest absolute Gasteiger partial charge is 0.361 e. The van der Waals surface area contributed by atoms with Crippen molar-refractivity contribution in [2.75, 3.05) is 0 Å². The van der Waals surface area contributed by atoms with Crippen LogP contribution in [0.1, 0.15) is 11.1 Å². The zero-order valence-corrected chi connectivity index (χ0v) is 13.7. The third-order valence-electron chi connectivity index (χ3n) is 4.27. The first-order valence-corrected chi connectivity index (χ1v) is 8.13. The van der Waals surface area contributed by atoms with Crippen molar-refractivity contribution in [2.24, 2.45) is 0 Å². The quantitative estimate of drug-likeness (QED) is 0.711. The molecule has 2 N–H and O–H groups in total. The number of rotatable bonds is 4. The highest BCUT2D eigenvalue weighted by molar-refractivity contribution is 6.33. The van der Waals surface area contributed by atoms with Gasteiger partial charge in [0.15, 0.2) is 0 Å². The normalized spacial score (nSPS) is 14.0. The van der Waals surface area contributed by atoms with E-state index in [4.69, 9.17) is 0 Å². The van der Waals surface area contributed by atoms with Crippen LogP contribution in [0, 0.1) is 0 Å². The first kappa shape index (κ1) is 15.8. The number of imide groups is 1. The highest BCUT2D eigenvalue weighted by Gasteiger charge is 2.33. The Bertz CT molecular complexity index is 1050. The smallest absolute Gasteiger partial charge is 0.280 e. The molecular weight excluding hydrogens is 330 g/mol. The van der Waals surface area contributed by atoms with Gasteiger partial charge in [-0.05, 0) is 17.2 Å². The molecule has 0 radical (unpaired) electrons. The number of amides is 3. The van der Waals surface area contributed by atoms with Gasteiger partial charge in [-0.3, -0.25) is 19.8 Å². The van der Waals surface area contributed by atoms with E-state index in [1.165, 1.54) is 6.08 Å². The number of carbonyl (C=O) groups is 3. The summed E-state index contributed by atoms with van der Waals surface area (Å²) in [6.07, 6.45) is 3.05. The SMILES string of the molecule is O=C(Cc1c[nH]c2ccccc12)NN1C(=O)C=C(c2ccccc2)C1=O. The van der Waals surface area contributed by atoms with E-state index in [1.807, 2.05) is 30.3 Å². The summed E-state index contributed by atoms with van der Waals surface area (Å²) in [5.74, 6) is -1.52. The fraction of sp³-hybridized carbons (Fsp3) is 0.0500. The Labute approximate surface area is 149 Å². The van der Waals surface area contributed by atoms with Gasteiger partial charge in [-0.25, -0.2) is 0 Å². The van der Waals surface area contributed by atoms with Crippen molar-refractivity contribution in [3.05, 3.63) is 78.0 Å². The Balaban J connectivity index is 1.48. The number of nitrogens with zero attached hydrogens (tertiary/aromatic N) is 1.